The van der Waals surface area contributed by atoms with Crippen LogP contribution >= 0.6 is 0 Å². The predicted molar refractivity (Wildman–Crippen MR) is 48.5 cm³/mol. The molecule has 0 aliphatic heterocycles. The van der Waals surface area contributed by atoms with E-state index in [-0.39, 0.29) is 0 Å². The summed E-state index contributed by atoms with van der Waals surface area (Å²) >= 11 is 0. The normalized spacial score (nSPS) is 45.0. The molecule has 2 bridgehead atoms. The zero-order valence-corrected chi connectivity index (χ0v) is 7.68. The minimum Gasteiger partial charge on any atom is -0.0625 e. The fourth-order valence-electron chi connectivity index (χ4n) is 3.09. The molecule has 11 heavy (non-hydrogen) atoms. The summed E-state index contributed by atoms with van der Waals surface area (Å²) in [6.45, 7) is 2.45. The van der Waals surface area contributed by atoms with Gasteiger partial charge in [-0.15, -0.1) is 0 Å². The van der Waals surface area contributed by atoms with Crippen molar-refractivity contribution >= 4 is 0 Å². The lowest BCUT2D eigenvalue weighted by Gasteiger charge is -2.25. The van der Waals surface area contributed by atoms with E-state index in [4.69, 9.17) is 0 Å². The van der Waals surface area contributed by atoms with Crippen LogP contribution in [0.15, 0.2) is 0 Å². The Morgan fingerprint density at radius 3 is 2.55 bits per heavy atom. The molecule has 0 spiro atoms. The fraction of sp³-hybridized carbons (Fsp3) is 1.00. The minimum atomic E-state index is 1.03. The highest BCUT2D eigenvalue weighted by atomic mass is 14.3. The van der Waals surface area contributed by atoms with Gasteiger partial charge in [-0.3, -0.25) is 0 Å². The Morgan fingerprint density at radius 1 is 0.818 bits per heavy atom. The molecule has 2 aliphatic rings. The van der Waals surface area contributed by atoms with Crippen LogP contribution in [0.4, 0.5) is 0 Å². The van der Waals surface area contributed by atoms with Crippen LogP contribution in [0.1, 0.15) is 51.9 Å². The number of hydrogen-bond donors (Lipinski definition) is 0. The van der Waals surface area contributed by atoms with Crippen molar-refractivity contribution in [3.63, 3.8) is 0 Å². The van der Waals surface area contributed by atoms with Gasteiger partial charge in [0.15, 0.2) is 0 Å². The predicted octanol–water partition coefficient (Wildman–Crippen LogP) is 3.61. The zero-order chi connectivity index (χ0) is 7.68. The summed E-state index contributed by atoms with van der Waals surface area (Å²) in [7, 11) is 0. The van der Waals surface area contributed by atoms with Crippen molar-refractivity contribution in [2.45, 2.75) is 51.9 Å². The Bertz CT molecular complexity index is 126. The van der Waals surface area contributed by atoms with E-state index in [1.807, 2.05) is 0 Å². The topological polar surface area (TPSA) is 0 Å². The van der Waals surface area contributed by atoms with Gasteiger partial charge in [-0.05, 0) is 30.6 Å². The van der Waals surface area contributed by atoms with Crippen molar-refractivity contribution in [2.75, 3.05) is 0 Å². The van der Waals surface area contributed by atoms with Crippen LogP contribution in [0.2, 0.25) is 0 Å². The molecule has 0 aromatic heterocycles. The van der Waals surface area contributed by atoms with Crippen molar-refractivity contribution in [3.8, 4) is 0 Å². The highest BCUT2D eigenvalue weighted by Gasteiger charge is 2.26. The maximum absolute atomic E-state index is 2.45. The molecule has 2 rings (SSSR count). The lowest BCUT2D eigenvalue weighted by atomic mass is 9.80. The second kappa shape index (κ2) is 3.16. The standard InChI is InChI=1S/C11H20/c1-9-5-6-10-3-2-4-11(7-9)8-10/h9-11H,2-8H2,1H3/t9-,10?,11?/m1/s1. The summed E-state index contributed by atoms with van der Waals surface area (Å²) < 4.78 is 0. The Hall–Kier alpha value is 0. The van der Waals surface area contributed by atoms with Gasteiger partial charge in [0.25, 0.3) is 0 Å². The van der Waals surface area contributed by atoms with Gasteiger partial charge in [0, 0.05) is 0 Å². The lowest BCUT2D eigenvalue weighted by molar-refractivity contribution is 0.266. The first-order valence-corrected chi connectivity index (χ1v) is 5.34. The van der Waals surface area contributed by atoms with Crippen LogP contribution < -0.4 is 0 Å². The Labute approximate surface area is 70.4 Å². The molecule has 2 saturated carbocycles. The van der Waals surface area contributed by atoms with Crippen molar-refractivity contribution in [2.24, 2.45) is 17.8 Å². The van der Waals surface area contributed by atoms with Gasteiger partial charge in [-0.25, -0.2) is 0 Å². The van der Waals surface area contributed by atoms with E-state index in [9.17, 15) is 0 Å². The molecule has 0 heterocycles. The van der Waals surface area contributed by atoms with Gasteiger partial charge < -0.3 is 0 Å². The van der Waals surface area contributed by atoms with Gasteiger partial charge in [-0.2, -0.15) is 0 Å². The summed E-state index contributed by atoms with van der Waals surface area (Å²) in [5, 5.41) is 0. The van der Waals surface area contributed by atoms with Gasteiger partial charge in [0.05, 0.1) is 0 Å². The van der Waals surface area contributed by atoms with Crippen LogP contribution in [0, 0.1) is 17.8 Å². The van der Waals surface area contributed by atoms with E-state index in [1.54, 1.807) is 19.3 Å². The molecule has 0 heteroatoms. The number of rotatable bonds is 0. The maximum atomic E-state index is 2.45. The van der Waals surface area contributed by atoms with Crippen molar-refractivity contribution in [1.82, 2.24) is 0 Å². The lowest BCUT2D eigenvalue weighted by Crippen LogP contribution is -2.12. The van der Waals surface area contributed by atoms with E-state index in [0.29, 0.717) is 0 Å². The first-order chi connectivity index (χ1) is 5.34. The third-order valence-electron chi connectivity index (χ3n) is 3.69. The first-order valence-electron chi connectivity index (χ1n) is 5.34. The average Bonchev–Trinajstić information content (AvgIpc) is 2.12. The second-order valence-corrected chi connectivity index (χ2v) is 4.82. The summed E-state index contributed by atoms with van der Waals surface area (Å²) in [6, 6.07) is 0. The number of hydrogen-bond acceptors (Lipinski definition) is 0. The van der Waals surface area contributed by atoms with E-state index >= 15 is 0 Å². The monoisotopic (exact) mass is 152 g/mol. The molecule has 0 nitrogen and oxygen atoms in total. The number of fused-ring (bicyclic) bond motifs is 2. The highest BCUT2D eigenvalue weighted by Crippen LogP contribution is 2.39. The van der Waals surface area contributed by atoms with Gasteiger partial charge in [0.1, 0.15) is 0 Å². The molecule has 0 aromatic rings. The molecule has 0 N–H and O–H groups in total. The van der Waals surface area contributed by atoms with Crippen LogP contribution in [0.3, 0.4) is 0 Å². The van der Waals surface area contributed by atoms with Crippen LogP contribution in [0.25, 0.3) is 0 Å². The van der Waals surface area contributed by atoms with E-state index in [1.165, 1.54) is 25.7 Å². The molecule has 0 radical (unpaired) electrons. The minimum absolute atomic E-state index is 1.03. The molecule has 0 aromatic carbocycles. The van der Waals surface area contributed by atoms with E-state index in [2.05, 4.69) is 6.92 Å². The van der Waals surface area contributed by atoms with Crippen LogP contribution in [-0.2, 0) is 0 Å². The SMILES string of the molecule is C[C@@H]1CCC2CCCC(C2)C1. The van der Waals surface area contributed by atoms with E-state index < -0.39 is 0 Å². The molecule has 64 valence electrons. The smallest absolute Gasteiger partial charge is 0.0409 e. The quantitative estimate of drug-likeness (QED) is 0.497. The molecule has 2 aliphatic carbocycles. The summed E-state index contributed by atoms with van der Waals surface area (Å²) in [5.74, 6) is 3.27. The highest BCUT2D eigenvalue weighted by molar-refractivity contribution is 4.78. The third-order valence-corrected chi connectivity index (χ3v) is 3.69. The molecule has 0 amide bonds. The molecular formula is C11H20. The zero-order valence-electron chi connectivity index (χ0n) is 7.68. The van der Waals surface area contributed by atoms with Crippen LogP contribution in [0.5, 0.6) is 0 Å². The largest absolute Gasteiger partial charge is 0.0625 e. The van der Waals surface area contributed by atoms with Crippen LogP contribution in [-0.4, -0.2) is 0 Å². The summed E-state index contributed by atoms with van der Waals surface area (Å²) in [4.78, 5) is 0. The summed E-state index contributed by atoms with van der Waals surface area (Å²) in [6.07, 6.45) is 10.8. The van der Waals surface area contributed by atoms with Crippen molar-refractivity contribution in [1.29, 1.82) is 0 Å². The molecule has 0 saturated heterocycles. The first kappa shape index (κ1) is 7.64. The average molecular weight is 152 g/mol. The summed E-state index contributed by atoms with van der Waals surface area (Å²) in [5.41, 5.74) is 0. The Balaban J connectivity index is 1.98. The van der Waals surface area contributed by atoms with Gasteiger partial charge in [0.2, 0.25) is 0 Å². The molecular weight excluding hydrogens is 132 g/mol. The fourth-order valence-corrected chi connectivity index (χ4v) is 3.09. The van der Waals surface area contributed by atoms with Crippen molar-refractivity contribution in [3.05, 3.63) is 0 Å². The van der Waals surface area contributed by atoms with Crippen molar-refractivity contribution < 1.29 is 0 Å². The Morgan fingerprint density at radius 2 is 1.64 bits per heavy atom. The third kappa shape index (κ3) is 1.77. The van der Waals surface area contributed by atoms with Gasteiger partial charge in [-0.1, -0.05) is 39.0 Å². The maximum Gasteiger partial charge on any atom is -0.0409 e. The van der Waals surface area contributed by atoms with Gasteiger partial charge >= 0.3 is 0 Å². The molecule has 2 fully saturated rings. The molecule has 3 atom stereocenters. The molecule has 2 unspecified atom stereocenters. The Kier molecular flexibility index (Phi) is 2.20. The second-order valence-electron chi connectivity index (χ2n) is 4.82. The van der Waals surface area contributed by atoms with E-state index in [0.717, 1.165) is 17.8 Å².